The van der Waals surface area contributed by atoms with Crippen LogP contribution in [0.25, 0.3) is 10.9 Å². The number of likely N-dealkylation sites (N-methyl/N-ethyl adjacent to an activating group) is 1. The number of carbonyl (C=O) groups is 1. The van der Waals surface area contributed by atoms with Gasteiger partial charge in [-0.3, -0.25) is 9.59 Å². The summed E-state index contributed by atoms with van der Waals surface area (Å²) >= 11 is 0. The number of hydrogen-bond donors (Lipinski definition) is 2. The highest BCUT2D eigenvalue weighted by atomic mass is 16.2. The lowest BCUT2D eigenvalue weighted by molar-refractivity contribution is 0.0953. The van der Waals surface area contributed by atoms with Gasteiger partial charge in [-0.25, -0.2) is 0 Å². The number of nitrogens with one attached hydrogen (secondary N) is 2. The predicted molar refractivity (Wildman–Crippen MR) is 106 cm³/mol. The molecular formula is C21H23N3O2. The van der Waals surface area contributed by atoms with Gasteiger partial charge in [0.05, 0.1) is 0 Å². The van der Waals surface area contributed by atoms with Crippen LogP contribution in [-0.4, -0.2) is 30.5 Å². The zero-order valence-corrected chi connectivity index (χ0v) is 15.1. The Morgan fingerprint density at radius 3 is 2.62 bits per heavy atom. The van der Waals surface area contributed by atoms with Crippen LogP contribution in [0, 0.1) is 6.92 Å². The first kappa shape index (κ1) is 17.7. The molecule has 1 amide bonds. The molecule has 3 rings (SSSR count). The van der Waals surface area contributed by atoms with E-state index in [1.165, 1.54) is 5.56 Å². The van der Waals surface area contributed by atoms with Crippen LogP contribution in [0.1, 0.15) is 22.8 Å². The first-order chi connectivity index (χ1) is 12.6. The maximum absolute atomic E-state index is 12.4. The standard InChI is InChI=1S/C21H23N3O2/c1-3-24(19-11-7-4-8-15(19)2)13-12-22-20(25)17-14-16-9-5-6-10-18(16)23-21(17)26/h4-11,14H,3,12-13H2,1-2H3,(H,22,25)(H,23,26). The first-order valence-corrected chi connectivity index (χ1v) is 8.81. The fourth-order valence-corrected chi connectivity index (χ4v) is 3.08. The van der Waals surface area contributed by atoms with E-state index in [-0.39, 0.29) is 17.0 Å². The topological polar surface area (TPSA) is 65.2 Å². The number of amides is 1. The smallest absolute Gasteiger partial charge is 0.261 e. The number of aromatic amines is 1. The molecule has 134 valence electrons. The van der Waals surface area contributed by atoms with E-state index >= 15 is 0 Å². The molecule has 0 atom stereocenters. The highest BCUT2D eigenvalue weighted by molar-refractivity contribution is 5.97. The Kier molecular flexibility index (Phi) is 5.37. The van der Waals surface area contributed by atoms with Gasteiger partial charge >= 0.3 is 0 Å². The molecule has 0 spiro atoms. The van der Waals surface area contributed by atoms with Crippen LogP contribution in [0.2, 0.25) is 0 Å². The number of para-hydroxylation sites is 2. The summed E-state index contributed by atoms with van der Waals surface area (Å²) in [6, 6.07) is 17.2. The van der Waals surface area contributed by atoms with Crippen molar-refractivity contribution in [2.45, 2.75) is 13.8 Å². The van der Waals surface area contributed by atoms with Gasteiger partial charge in [0.15, 0.2) is 0 Å². The molecule has 0 fully saturated rings. The number of rotatable bonds is 6. The van der Waals surface area contributed by atoms with E-state index in [2.05, 4.69) is 41.2 Å². The lowest BCUT2D eigenvalue weighted by Crippen LogP contribution is -2.37. The summed E-state index contributed by atoms with van der Waals surface area (Å²) < 4.78 is 0. The van der Waals surface area contributed by atoms with E-state index < -0.39 is 0 Å². The summed E-state index contributed by atoms with van der Waals surface area (Å²) in [4.78, 5) is 29.6. The van der Waals surface area contributed by atoms with Gasteiger partial charge in [-0.15, -0.1) is 0 Å². The second-order valence-electron chi connectivity index (χ2n) is 6.22. The molecule has 0 unspecified atom stereocenters. The lowest BCUT2D eigenvalue weighted by Gasteiger charge is -2.25. The van der Waals surface area contributed by atoms with E-state index in [1.54, 1.807) is 6.07 Å². The van der Waals surface area contributed by atoms with Crippen molar-refractivity contribution in [3.05, 3.63) is 76.1 Å². The molecule has 26 heavy (non-hydrogen) atoms. The number of pyridine rings is 1. The molecule has 0 aliphatic rings. The van der Waals surface area contributed by atoms with Gasteiger partial charge in [-0.05, 0) is 43.0 Å². The Bertz CT molecular complexity index is 978. The number of hydrogen-bond acceptors (Lipinski definition) is 3. The third-order valence-electron chi connectivity index (χ3n) is 4.50. The third kappa shape index (κ3) is 3.77. The summed E-state index contributed by atoms with van der Waals surface area (Å²) in [5.41, 5.74) is 2.86. The Labute approximate surface area is 152 Å². The molecule has 3 aromatic rings. The zero-order valence-electron chi connectivity index (χ0n) is 15.1. The average Bonchev–Trinajstić information content (AvgIpc) is 2.65. The van der Waals surface area contributed by atoms with Crippen LogP contribution in [0.15, 0.2) is 59.4 Å². The van der Waals surface area contributed by atoms with Crippen molar-refractivity contribution in [3.63, 3.8) is 0 Å². The minimum Gasteiger partial charge on any atom is -0.370 e. The normalized spacial score (nSPS) is 10.7. The van der Waals surface area contributed by atoms with Crippen LogP contribution in [0.5, 0.6) is 0 Å². The molecule has 0 saturated carbocycles. The maximum Gasteiger partial charge on any atom is 0.261 e. The summed E-state index contributed by atoms with van der Waals surface area (Å²) in [5, 5.41) is 3.70. The number of nitrogens with zero attached hydrogens (tertiary/aromatic N) is 1. The van der Waals surface area contributed by atoms with Crippen LogP contribution < -0.4 is 15.8 Å². The van der Waals surface area contributed by atoms with Crippen molar-refractivity contribution in [2.75, 3.05) is 24.5 Å². The second-order valence-corrected chi connectivity index (χ2v) is 6.22. The van der Waals surface area contributed by atoms with Crippen molar-refractivity contribution in [2.24, 2.45) is 0 Å². The fraction of sp³-hybridized carbons (Fsp3) is 0.238. The van der Waals surface area contributed by atoms with Gasteiger partial charge < -0.3 is 15.2 Å². The van der Waals surface area contributed by atoms with E-state index in [1.807, 2.05) is 36.4 Å². The molecule has 0 aliphatic heterocycles. The molecule has 0 saturated heterocycles. The summed E-state index contributed by atoms with van der Waals surface area (Å²) in [6.45, 7) is 6.15. The molecule has 5 nitrogen and oxygen atoms in total. The van der Waals surface area contributed by atoms with Crippen LogP contribution in [-0.2, 0) is 0 Å². The largest absolute Gasteiger partial charge is 0.370 e. The van der Waals surface area contributed by atoms with E-state index in [4.69, 9.17) is 0 Å². The number of benzene rings is 2. The summed E-state index contributed by atoms with van der Waals surface area (Å²) in [6.07, 6.45) is 0. The number of carbonyl (C=O) groups excluding carboxylic acids is 1. The Balaban J connectivity index is 1.68. The van der Waals surface area contributed by atoms with Crippen molar-refractivity contribution in [1.29, 1.82) is 0 Å². The molecule has 2 aromatic carbocycles. The minimum absolute atomic E-state index is 0.141. The van der Waals surface area contributed by atoms with Crippen molar-refractivity contribution >= 4 is 22.5 Å². The Morgan fingerprint density at radius 1 is 1.12 bits per heavy atom. The molecule has 1 heterocycles. The number of anilines is 1. The van der Waals surface area contributed by atoms with Crippen LogP contribution in [0.3, 0.4) is 0 Å². The first-order valence-electron chi connectivity index (χ1n) is 8.81. The molecular weight excluding hydrogens is 326 g/mol. The highest BCUT2D eigenvalue weighted by Gasteiger charge is 2.12. The van der Waals surface area contributed by atoms with Crippen LogP contribution >= 0.6 is 0 Å². The van der Waals surface area contributed by atoms with Crippen molar-refractivity contribution < 1.29 is 4.79 Å². The Hall–Kier alpha value is -3.08. The molecule has 0 radical (unpaired) electrons. The maximum atomic E-state index is 12.4. The summed E-state index contributed by atoms with van der Waals surface area (Å²) in [5.74, 6) is -0.349. The van der Waals surface area contributed by atoms with E-state index in [0.29, 0.717) is 13.1 Å². The van der Waals surface area contributed by atoms with Gasteiger partial charge in [0.25, 0.3) is 11.5 Å². The molecule has 1 aromatic heterocycles. The lowest BCUT2D eigenvalue weighted by atomic mass is 10.1. The van der Waals surface area contributed by atoms with E-state index in [0.717, 1.165) is 23.1 Å². The van der Waals surface area contributed by atoms with Crippen molar-refractivity contribution in [3.8, 4) is 0 Å². The average molecular weight is 349 g/mol. The molecule has 2 N–H and O–H groups in total. The SMILES string of the molecule is CCN(CCNC(=O)c1cc2ccccc2[nH]c1=O)c1ccccc1C. The molecule has 0 bridgehead atoms. The monoisotopic (exact) mass is 349 g/mol. The minimum atomic E-state index is -0.368. The van der Waals surface area contributed by atoms with Gasteiger partial charge in [0.2, 0.25) is 0 Å². The van der Waals surface area contributed by atoms with Gasteiger partial charge in [-0.2, -0.15) is 0 Å². The van der Waals surface area contributed by atoms with Gasteiger partial charge in [-0.1, -0.05) is 36.4 Å². The van der Waals surface area contributed by atoms with Crippen molar-refractivity contribution in [1.82, 2.24) is 10.3 Å². The molecule has 0 aliphatic carbocycles. The second kappa shape index (κ2) is 7.87. The summed E-state index contributed by atoms with van der Waals surface area (Å²) in [7, 11) is 0. The third-order valence-corrected chi connectivity index (χ3v) is 4.50. The Morgan fingerprint density at radius 2 is 1.85 bits per heavy atom. The van der Waals surface area contributed by atoms with Gasteiger partial charge in [0, 0.05) is 30.8 Å². The van der Waals surface area contributed by atoms with Crippen LogP contribution in [0.4, 0.5) is 5.69 Å². The number of aryl methyl sites for hydroxylation is 1. The zero-order chi connectivity index (χ0) is 18.5. The number of aromatic nitrogens is 1. The predicted octanol–water partition coefficient (Wildman–Crippen LogP) is 3.09. The highest BCUT2D eigenvalue weighted by Crippen LogP contribution is 2.18. The number of H-pyrrole nitrogens is 1. The molecule has 5 heteroatoms. The fourth-order valence-electron chi connectivity index (χ4n) is 3.08. The quantitative estimate of drug-likeness (QED) is 0.719. The number of fused-ring (bicyclic) bond motifs is 1. The van der Waals surface area contributed by atoms with E-state index in [9.17, 15) is 9.59 Å². The van der Waals surface area contributed by atoms with Gasteiger partial charge in [0.1, 0.15) is 5.56 Å².